The van der Waals surface area contributed by atoms with Crippen molar-refractivity contribution in [2.45, 2.75) is 60.6 Å². The van der Waals surface area contributed by atoms with E-state index in [1.165, 1.54) is 6.07 Å². The van der Waals surface area contributed by atoms with Crippen LogP contribution in [0.4, 0.5) is 18.9 Å². The predicted octanol–water partition coefficient (Wildman–Crippen LogP) is 2.03. The van der Waals surface area contributed by atoms with Crippen LogP contribution in [0.2, 0.25) is 0 Å². The molecule has 0 spiro atoms. The Bertz CT molecular complexity index is 1370. The van der Waals surface area contributed by atoms with E-state index in [1.54, 1.807) is 11.0 Å². The molecule has 10 nitrogen and oxygen atoms in total. The van der Waals surface area contributed by atoms with Gasteiger partial charge in [0.1, 0.15) is 10.8 Å². The number of sulfone groups is 1. The first kappa shape index (κ1) is 28.6. The van der Waals surface area contributed by atoms with Gasteiger partial charge in [0.2, 0.25) is 5.91 Å². The molecule has 14 heteroatoms. The lowest BCUT2D eigenvalue weighted by atomic mass is 9.75. The van der Waals surface area contributed by atoms with Crippen molar-refractivity contribution in [3.8, 4) is 6.07 Å². The quantitative estimate of drug-likeness (QED) is 0.467. The number of ether oxygens (including phenoxy) is 1. The highest BCUT2D eigenvalue weighted by Crippen LogP contribution is 2.66. The van der Waals surface area contributed by atoms with Crippen LogP contribution in [0.5, 0.6) is 0 Å². The maximum Gasteiger partial charge on any atom is 0.417 e. The molecule has 1 aliphatic heterocycles. The van der Waals surface area contributed by atoms with Crippen LogP contribution in [0, 0.1) is 28.1 Å². The molecule has 5 atom stereocenters. The van der Waals surface area contributed by atoms with Crippen molar-refractivity contribution in [1.29, 1.82) is 5.26 Å². The van der Waals surface area contributed by atoms with E-state index in [2.05, 4.69) is 4.90 Å². The zero-order chi connectivity index (χ0) is 29.3. The van der Waals surface area contributed by atoms with Crippen LogP contribution in [-0.4, -0.2) is 81.0 Å². The molecule has 218 valence electrons. The Labute approximate surface area is 229 Å². The molecule has 1 heterocycles. The first-order chi connectivity index (χ1) is 18.7. The van der Waals surface area contributed by atoms with Crippen molar-refractivity contribution in [1.82, 2.24) is 4.90 Å². The van der Waals surface area contributed by atoms with Gasteiger partial charge in [-0.05, 0) is 50.3 Å². The number of anilines is 1. The number of hydrogen-bond donors (Lipinski definition) is 2. The molecule has 3 saturated carbocycles. The Kier molecular flexibility index (Phi) is 6.87. The monoisotopic (exact) mass is 584 g/mol. The normalized spacial score (nSPS) is 33.0. The van der Waals surface area contributed by atoms with Crippen LogP contribution in [0.3, 0.4) is 0 Å². The number of carboxylic acids is 1. The molecule has 3 N–H and O–H groups in total. The molecule has 1 amide bonds. The molecule has 0 bridgehead atoms. The van der Waals surface area contributed by atoms with Gasteiger partial charge in [-0.15, -0.1) is 0 Å². The summed E-state index contributed by atoms with van der Waals surface area (Å²) in [5.74, 6) is -3.66. The Morgan fingerprint density at radius 2 is 1.82 bits per heavy atom. The number of rotatable bonds is 8. The lowest BCUT2D eigenvalue weighted by molar-refractivity contribution is -0.159. The minimum Gasteiger partial charge on any atom is -0.481 e. The number of hydrogen-bond acceptors (Lipinski definition) is 8. The molecule has 5 rings (SSSR count). The molecule has 4 aliphatic rings. The number of alkyl halides is 3. The highest BCUT2D eigenvalue weighted by atomic mass is 32.2. The first-order valence-electron chi connectivity index (χ1n) is 13.1. The lowest BCUT2D eigenvalue weighted by Crippen LogP contribution is -2.47. The van der Waals surface area contributed by atoms with Crippen molar-refractivity contribution < 1.29 is 41.0 Å². The van der Waals surface area contributed by atoms with E-state index in [0.29, 0.717) is 32.2 Å². The van der Waals surface area contributed by atoms with Crippen LogP contribution in [-0.2, 0) is 30.3 Å². The minimum atomic E-state index is -4.99. The molecule has 1 aromatic rings. The summed E-state index contributed by atoms with van der Waals surface area (Å²) >= 11 is 0. The topological polar surface area (TPSA) is 154 Å². The summed E-state index contributed by atoms with van der Waals surface area (Å²) in [6.07, 6.45) is -5.23. The molecule has 4 fully saturated rings. The molecule has 40 heavy (non-hydrogen) atoms. The fourth-order valence-corrected chi connectivity index (χ4v) is 8.83. The van der Waals surface area contributed by atoms with Gasteiger partial charge in [0.25, 0.3) is 0 Å². The molecule has 0 radical (unpaired) electrons. The molecule has 1 aromatic carbocycles. The standard InChI is InChI=1S/C26H31F3N4O6S/c1-39-21-11-17(12-25(21,23(35)36)20-13-24(20,14-30)22(31)34)40(37,38)19-5-4-16(10-18(19)26(27,28)29)33-8-6-32(7-9-33)15-2-3-15/h4-5,10,15,17,20-21H,2-3,6-9,11-13H2,1H3,(H2,31,34)(H,35,36)/t17-,20?,21+,24?,25+/m0/s1. The number of nitrogens with two attached hydrogens (primary N) is 1. The van der Waals surface area contributed by atoms with Crippen molar-refractivity contribution in [3.63, 3.8) is 0 Å². The first-order valence-corrected chi connectivity index (χ1v) is 14.7. The van der Waals surface area contributed by atoms with E-state index in [0.717, 1.165) is 32.1 Å². The molecular formula is C26H31F3N4O6S. The molecule has 0 aromatic heterocycles. The number of nitrogens with zero attached hydrogens (tertiary/aromatic N) is 3. The zero-order valence-electron chi connectivity index (χ0n) is 21.9. The lowest BCUT2D eigenvalue weighted by Gasteiger charge is -2.36. The van der Waals surface area contributed by atoms with Gasteiger partial charge in [-0.25, -0.2) is 8.42 Å². The SMILES string of the molecule is CO[C@@H]1C[C@H](S(=O)(=O)c2ccc(N3CCN(C4CC4)CC3)cc2C(F)(F)F)C[C@@]1(C(=O)O)C1CC1(C#N)C(N)=O. The number of piperazine rings is 1. The van der Waals surface area contributed by atoms with E-state index in [1.807, 2.05) is 0 Å². The number of carbonyl (C=O) groups is 2. The number of benzene rings is 1. The van der Waals surface area contributed by atoms with Crippen LogP contribution in [0.25, 0.3) is 0 Å². The van der Waals surface area contributed by atoms with Gasteiger partial charge in [-0.1, -0.05) is 0 Å². The maximum atomic E-state index is 14.3. The minimum absolute atomic E-state index is 0.200. The number of halogens is 3. The summed E-state index contributed by atoms with van der Waals surface area (Å²) in [5, 5.41) is 18.3. The van der Waals surface area contributed by atoms with Gasteiger partial charge in [0, 0.05) is 50.9 Å². The van der Waals surface area contributed by atoms with E-state index >= 15 is 0 Å². The van der Waals surface area contributed by atoms with E-state index < -0.39 is 79.3 Å². The van der Waals surface area contributed by atoms with Crippen molar-refractivity contribution in [2.75, 3.05) is 38.2 Å². The van der Waals surface area contributed by atoms with Gasteiger partial charge in [0.15, 0.2) is 9.84 Å². The zero-order valence-corrected chi connectivity index (χ0v) is 22.7. The number of amides is 1. The number of primary amides is 1. The van der Waals surface area contributed by atoms with Gasteiger partial charge in [0.05, 0.1) is 27.9 Å². The summed E-state index contributed by atoms with van der Waals surface area (Å²) < 4.78 is 75.8. The predicted molar refractivity (Wildman–Crippen MR) is 135 cm³/mol. The van der Waals surface area contributed by atoms with Crippen LogP contribution in [0.1, 0.15) is 37.7 Å². The second-order valence-corrected chi connectivity index (χ2v) is 13.5. The number of nitriles is 1. The highest BCUT2D eigenvalue weighted by Gasteiger charge is 2.75. The third-order valence-corrected chi connectivity index (χ3v) is 11.5. The van der Waals surface area contributed by atoms with E-state index in [-0.39, 0.29) is 12.1 Å². The summed E-state index contributed by atoms with van der Waals surface area (Å²) in [4.78, 5) is 27.8. The van der Waals surface area contributed by atoms with Crippen molar-refractivity contribution in [2.24, 2.45) is 22.5 Å². The van der Waals surface area contributed by atoms with Gasteiger partial charge < -0.3 is 20.5 Å². The summed E-state index contributed by atoms with van der Waals surface area (Å²) in [6.45, 7) is 2.45. The summed E-state index contributed by atoms with van der Waals surface area (Å²) in [7, 11) is -3.55. The van der Waals surface area contributed by atoms with Crippen LogP contribution in [0.15, 0.2) is 23.1 Å². The second-order valence-electron chi connectivity index (χ2n) is 11.3. The molecule has 3 aliphatic carbocycles. The fraction of sp³-hybridized carbons (Fsp3) is 0.654. The Morgan fingerprint density at radius 1 is 1.18 bits per heavy atom. The third-order valence-electron chi connectivity index (χ3n) is 9.28. The second kappa shape index (κ2) is 9.60. The van der Waals surface area contributed by atoms with Gasteiger partial charge in [-0.3, -0.25) is 14.5 Å². The molecular weight excluding hydrogens is 553 g/mol. The number of carboxylic acid groups (broad SMARTS) is 1. The number of aliphatic carboxylic acids is 1. The summed E-state index contributed by atoms with van der Waals surface area (Å²) in [6, 6.07) is 5.46. The van der Waals surface area contributed by atoms with Crippen molar-refractivity contribution in [3.05, 3.63) is 23.8 Å². The fourth-order valence-electron chi connectivity index (χ4n) is 6.81. The van der Waals surface area contributed by atoms with Crippen LogP contribution >= 0.6 is 0 Å². The van der Waals surface area contributed by atoms with E-state index in [9.17, 15) is 41.5 Å². The smallest absolute Gasteiger partial charge is 0.417 e. The van der Waals surface area contributed by atoms with Crippen LogP contribution < -0.4 is 10.6 Å². The van der Waals surface area contributed by atoms with Gasteiger partial charge in [-0.2, -0.15) is 18.4 Å². The molecule has 2 unspecified atom stereocenters. The Hall–Kier alpha value is -2.89. The average molecular weight is 585 g/mol. The Balaban J connectivity index is 1.47. The maximum absolute atomic E-state index is 14.3. The summed E-state index contributed by atoms with van der Waals surface area (Å²) in [5.41, 5.74) is 0.535. The van der Waals surface area contributed by atoms with Gasteiger partial charge >= 0.3 is 12.1 Å². The number of methoxy groups -OCH3 is 1. The highest BCUT2D eigenvalue weighted by molar-refractivity contribution is 7.92. The third kappa shape index (κ3) is 4.42. The average Bonchev–Trinajstić information content (AvgIpc) is 3.84. The molecule has 1 saturated heterocycles. The largest absolute Gasteiger partial charge is 0.481 e. The van der Waals surface area contributed by atoms with E-state index in [4.69, 9.17) is 10.5 Å². The Morgan fingerprint density at radius 3 is 2.30 bits per heavy atom. The number of carbonyl (C=O) groups excluding carboxylic acids is 1. The van der Waals surface area contributed by atoms with Crippen molar-refractivity contribution >= 4 is 27.4 Å².